The van der Waals surface area contributed by atoms with Gasteiger partial charge in [0.25, 0.3) is 0 Å². The fourth-order valence-electron chi connectivity index (χ4n) is 2.19. The van der Waals surface area contributed by atoms with E-state index >= 15 is 0 Å². The maximum Gasteiger partial charge on any atom is 0.323 e. The lowest BCUT2D eigenvalue weighted by Crippen LogP contribution is -2.27. The maximum absolute atomic E-state index is 5.73. The minimum absolute atomic E-state index is 0.155. The first-order chi connectivity index (χ1) is 10.3. The second-order valence-corrected chi connectivity index (χ2v) is 4.59. The van der Waals surface area contributed by atoms with Gasteiger partial charge in [-0.25, -0.2) is 0 Å². The zero-order valence-electron chi connectivity index (χ0n) is 11.8. The standard InChI is InChI=1S/C14H17N5O2/c1-2-20-14-17-12(15)16-13(18-14)19-7-8-21-11-6-4-3-5-10(11)9-19/h3-6H,2,7-9H2,1H3,(H2,15,16,17,18). The SMILES string of the molecule is CCOc1nc(N)nc(N2CCOc3ccccc3C2)n1. The topological polar surface area (TPSA) is 86.4 Å². The molecule has 0 unspecified atom stereocenters. The summed E-state index contributed by atoms with van der Waals surface area (Å²) in [5.74, 6) is 1.56. The number of nitrogen functional groups attached to an aromatic ring is 1. The smallest absolute Gasteiger partial charge is 0.323 e. The Morgan fingerprint density at radius 1 is 1.29 bits per heavy atom. The van der Waals surface area contributed by atoms with E-state index in [9.17, 15) is 0 Å². The minimum Gasteiger partial charge on any atom is -0.491 e. The normalized spacial score (nSPS) is 14.0. The highest BCUT2D eigenvalue weighted by molar-refractivity contribution is 5.42. The first-order valence-electron chi connectivity index (χ1n) is 6.86. The van der Waals surface area contributed by atoms with Gasteiger partial charge in [0.15, 0.2) is 0 Å². The molecule has 0 aliphatic carbocycles. The molecular weight excluding hydrogens is 270 g/mol. The predicted octanol–water partition coefficient (Wildman–Crippen LogP) is 1.25. The molecule has 1 aliphatic rings. The summed E-state index contributed by atoms with van der Waals surface area (Å²) in [5.41, 5.74) is 6.82. The quantitative estimate of drug-likeness (QED) is 0.909. The average Bonchev–Trinajstić information content (AvgIpc) is 2.69. The fraction of sp³-hybridized carbons (Fsp3) is 0.357. The van der Waals surface area contributed by atoms with Crippen molar-refractivity contribution in [2.75, 3.05) is 30.4 Å². The van der Waals surface area contributed by atoms with Gasteiger partial charge in [0.2, 0.25) is 11.9 Å². The van der Waals surface area contributed by atoms with Crippen molar-refractivity contribution in [1.82, 2.24) is 15.0 Å². The molecule has 1 aliphatic heterocycles. The number of para-hydroxylation sites is 1. The summed E-state index contributed by atoms with van der Waals surface area (Å²) in [4.78, 5) is 14.5. The molecule has 0 bridgehead atoms. The number of nitrogens with two attached hydrogens (primary N) is 1. The molecule has 1 aromatic heterocycles. The Labute approximate surface area is 122 Å². The number of rotatable bonds is 3. The van der Waals surface area contributed by atoms with E-state index in [2.05, 4.69) is 15.0 Å². The first-order valence-corrected chi connectivity index (χ1v) is 6.86. The number of ether oxygens (including phenoxy) is 2. The lowest BCUT2D eigenvalue weighted by Gasteiger charge is -2.19. The molecule has 2 N–H and O–H groups in total. The Morgan fingerprint density at radius 3 is 3.00 bits per heavy atom. The van der Waals surface area contributed by atoms with Gasteiger partial charge < -0.3 is 20.1 Å². The van der Waals surface area contributed by atoms with E-state index in [-0.39, 0.29) is 12.0 Å². The number of hydrogen-bond donors (Lipinski definition) is 1. The molecule has 2 heterocycles. The average molecular weight is 287 g/mol. The van der Waals surface area contributed by atoms with Crippen LogP contribution in [0.25, 0.3) is 0 Å². The van der Waals surface area contributed by atoms with E-state index < -0.39 is 0 Å². The molecule has 0 saturated carbocycles. The maximum atomic E-state index is 5.73. The molecule has 21 heavy (non-hydrogen) atoms. The summed E-state index contributed by atoms with van der Waals surface area (Å²) < 4.78 is 11.1. The monoisotopic (exact) mass is 287 g/mol. The highest BCUT2D eigenvalue weighted by Gasteiger charge is 2.18. The lowest BCUT2D eigenvalue weighted by molar-refractivity contribution is 0.311. The van der Waals surface area contributed by atoms with Crippen LogP contribution in [0.4, 0.5) is 11.9 Å². The summed E-state index contributed by atoms with van der Waals surface area (Å²) >= 11 is 0. The van der Waals surface area contributed by atoms with Crippen LogP contribution in [-0.4, -0.2) is 34.7 Å². The van der Waals surface area contributed by atoms with Gasteiger partial charge in [-0.2, -0.15) is 15.0 Å². The van der Waals surface area contributed by atoms with Gasteiger partial charge in [-0.1, -0.05) is 18.2 Å². The van der Waals surface area contributed by atoms with Gasteiger partial charge in [-0.3, -0.25) is 0 Å². The van der Waals surface area contributed by atoms with Crippen molar-refractivity contribution in [3.63, 3.8) is 0 Å². The van der Waals surface area contributed by atoms with Gasteiger partial charge in [-0.05, 0) is 13.0 Å². The summed E-state index contributed by atoms with van der Waals surface area (Å²) in [6, 6.07) is 8.19. The van der Waals surface area contributed by atoms with Crippen molar-refractivity contribution in [3.8, 4) is 11.8 Å². The number of benzene rings is 1. The molecular formula is C14H17N5O2. The van der Waals surface area contributed by atoms with Crippen LogP contribution < -0.4 is 20.1 Å². The number of hydrogen-bond acceptors (Lipinski definition) is 7. The number of nitrogens with zero attached hydrogens (tertiary/aromatic N) is 4. The van der Waals surface area contributed by atoms with Crippen molar-refractivity contribution < 1.29 is 9.47 Å². The summed E-state index contributed by atoms with van der Waals surface area (Å²) in [7, 11) is 0. The highest BCUT2D eigenvalue weighted by atomic mass is 16.5. The molecule has 0 fully saturated rings. The summed E-state index contributed by atoms with van der Waals surface area (Å²) in [6.45, 7) is 4.24. The van der Waals surface area contributed by atoms with Crippen molar-refractivity contribution in [3.05, 3.63) is 29.8 Å². The molecule has 2 aromatic rings. The van der Waals surface area contributed by atoms with E-state index in [1.165, 1.54) is 0 Å². The highest BCUT2D eigenvalue weighted by Crippen LogP contribution is 2.25. The van der Waals surface area contributed by atoms with Crippen molar-refractivity contribution in [1.29, 1.82) is 0 Å². The molecule has 0 saturated heterocycles. The molecule has 1 aromatic carbocycles. The van der Waals surface area contributed by atoms with E-state index in [4.69, 9.17) is 15.2 Å². The number of fused-ring (bicyclic) bond motifs is 1. The molecule has 110 valence electrons. The largest absolute Gasteiger partial charge is 0.491 e. The minimum atomic E-state index is 0.155. The van der Waals surface area contributed by atoms with Crippen LogP contribution in [0, 0.1) is 0 Å². The van der Waals surface area contributed by atoms with E-state index in [0.717, 1.165) is 11.3 Å². The van der Waals surface area contributed by atoms with Crippen LogP contribution in [0.15, 0.2) is 24.3 Å². The fourth-order valence-corrected chi connectivity index (χ4v) is 2.19. The third kappa shape index (κ3) is 2.96. The Kier molecular flexibility index (Phi) is 3.72. The molecule has 0 amide bonds. The van der Waals surface area contributed by atoms with Crippen LogP contribution in [0.3, 0.4) is 0 Å². The Hall–Kier alpha value is -2.57. The van der Waals surface area contributed by atoms with Gasteiger partial charge in [-0.15, -0.1) is 0 Å². The Balaban J connectivity index is 1.90. The lowest BCUT2D eigenvalue weighted by atomic mass is 10.2. The van der Waals surface area contributed by atoms with E-state index in [1.807, 2.05) is 36.1 Å². The van der Waals surface area contributed by atoms with Crippen LogP contribution >= 0.6 is 0 Å². The molecule has 0 radical (unpaired) electrons. The Morgan fingerprint density at radius 2 is 2.14 bits per heavy atom. The zero-order valence-corrected chi connectivity index (χ0v) is 11.8. The van der Waals surface area contributed by atoms with Gasteiger partial charge in [0.1, 0.15) is 12.4 Å². The zero-order chi connectivity index (χ0) is 14.7. The van der Waals surface area contributed by atoms with E-state index in [0.29, 0.717) is 32.3 Å². The molecule has 3 rings (SSSR count). The number of anilines is 2. The van der Waals surface area contributed by atoms with E-state index in [1.54, 1.807) is 0 Å². The second kappa shape index (κ2) is 5.82. The molecule has 0 atom stereocenters. The summed E-state index contributed by atoms with van der Waals surface area (Å²) in [6.07, 6.45) is 0. The Bertz CT molecular complexity index is 635. The van der Waals surface area contributed by atoms with Gasteiger partial charge >= 0.3 is 6.01 Å². The third-order valence-corrected chi connectivity index (χ3v) is 3.13. The van der Waals surface area contributed by atoms with Crippen LogP contribution in [-0.2, 0) is 6.54 Å². The second-order valence-electron chi connectivity index (χ2n) is 4.59. The van der Waals surface area contributed by atoms with Crippen LogP contribution in [0.5, 0.6) is 11.8 Å². The molecule has 7 nitrogen and oxygen atoms in total. The van der Waals surface area contributed by atoms with Gasteiger partial charge in [0, 0.05) is 12.1 Å². The number of aromatic nitrogens is 3. The third-order valence-electron chi connectivity index (χ3n) is 3.13. The van der Waals surface area contributed by atoms with Crippen LogP contribution in [0.1, 0.15) is 12.5 Å². The van der Waals surface area contributed by atoms with Crippen LogP contribution in [0.2, 0.25) is 0 Å². The van der Waals surface area contributed by atoms with Gasteiger partial charge in [0.05, 0.1) is 13.2 Å². The van der Waals surface area contributed by atoms with Crippen molar-refractivity contribution >= 4 is 11.9 Å². The molecule has 0 spiro atoms. The van der Waals surface area contributed by atoms with Crippen molar-refractivity contribution in [2.45, 2.75) is 13.5 Å². The first kappa shape index (κ1) is 13.4. The summed E-state index contributed by atoms with van der Waals surface area (Å²) in [5, 5.41) is 0. The van der Waals surface area contributed by atoms with Crippen molar-refractivity contribution in [2.24, 2.45) is 0 Å². The molecule has 7 heteroatoms. The predicted molar refractivity (Wildman–Crippen MR) is 78.4 cm³/mol.